The maximum atomic E-state index is 5.82. The minimum Gasteiger partial charge on any atom is -0.474 e. The van der Waals surface area contributed by atoms with E-state index in [9.17, 15) is 0 Å². The number of hydrogen-bond donors (Lipinski definition) is 1. The molecule has 0 saturated heterocycles. The summed E-state index contributed by atoms with van der Waals surface area (Å²) in [5, 5.41) is 0. The van der Waals surface area contributed by atoms with Gasteiger partial charge in [0.1, 0.15) is 6.10 Å². The van der Waals surface area contributed by atoms with E-state index in [1.54, 1.807) is 6.20 Å². The van der Waals surface area contributed by atoms with Gasteiger partial charge in [0.15, 0.2) is 0 Å². The zero-order valence-corrected chi connectivity index (χ0v) is 8.23. The maximum Gasteiger partial charge on any atom is 0.213 e. The molecule has 2 N–H and O–H groups in total. The van der Waals surface area contributed by atoms with E-state index in [4.69, 9.17) is 10.5 Å². The van der Waals surface area contributed by atoms with Crippen molar-refractivity contribution < 1.29 is 4.74 Å². The largest absolute Gasteiger partial charge is 0.474 e. The Kier molecular flexibility index (Phi) is 2.99. The molecule has 76 valence electrons. The van der Waals surface area contributed by atoms with Gasteiger partial charge in [-0.25, -0.2) is 4.98 Å². The Balaban J connectivity index is 1.87. The van der Waals surface area contributed by atoms with Gasteiger partial charge in [-0.05, 0) is 31.7 Å². The van der Waals surface area contributed by atoms with Crippen LogP contribution in [0.15, 0.2) is 24.4 Å². The van der Waals surface area contributed by atoms with Gasteiger partial charge in [-0.3, -0.25) is 0 Å². The average molecular weight is 192 g/mol. The fourth-order valence-corrected chi connectivity index (χ4v) is 1.79. The minimum atomic E-state index is 0.310. The summed E-state index contributed by atoms with van der Waals surface area (Å²) in [4.78, 5) is 4.14. The molecule has 1 saturated carbocycles. The number of nitrogens with zero attached hydrogens (tertiary/aromatic N) is 1. The number of aromatic nitrogens is 1. The molecule has 1 aromatic heterocycles. The van der Waals surface area contributed by atoms with Crippen LogP contribution < -0.4 is 10.5 Å². The van der Waals surface area contributed by atoms with Crippen LogP contribution in [0.3, 0.4) is 0 Å². The van der Waals surface area contributed by atoms with E-state index in [2.05, 4.69) is 4.98 Å². The van der Waals surface area contributed by atoms with Gasteiger partial charge in [-0.2, -0.15) is 0 Å². The predicted molar refractivity (Wildman–Crippen MR) is 55.1 cm³/mol. The number of nitrogens with two attached hydrogens (primary N) is 1. The molecule has 1 aliphatic rings. The molecular weight excluding hydrogens is 176 g/mol. The Morgan fingerprint density at radius 2 is 2.00 bits per heavy atom. The second-order valence-electron chi connectivity index (χ2n) is 3.82. The summed E-state index contributed by atoms with van der Waals surface area (Å²) < 4.78 is 5.74. The van der Waals surface area contributed by atoms with E-state index in [0.717, 1.165) is 31.6 Å². The first kappa shape index (κ1) is 9.46. The molecule has 0 bridgehead atoms. The molecule has 0 aromatic carbocycles. The van der Waals surface area contributed by atoms with Crippen LogP contribution >= 0.6 is 0 Å². The van der Waals surface area contributed by atoms with E-state index in [1.165, 1.54) is 0 Å². The lowest BCUT2D eigenvalue weighted by molar-refractivity contribution is 0.141. The van der Waals surface area contributed by atoms with Gasteiger partial charge in [0, 0.05) is 18.3 Å². The number of hydrogen-bond acceptors (Lipinski definition) is 3. The normalized spacial score (nSPS) is 27.2. The lowest BCUT2D eigenvalue weighted by Crippen LogP contribution is -2.31. The molecule has 0 atom stereocenters. The third-order valence-corrected chi connectivity index (χ3v) is 2.64. The van der Waals surface area contributed by atoms with Crippen molar-refractivity contribution in [2.24, 2.45) is 5.73 Å². The number of pyridine rings is 1. The zero-order valence-electron chi connectivity index (χ0n) is 8.23. The summed E-state index contributed by atoms with van der Waals surface area (Å²) in [6.07, 6.45) is 6.30. The van der Waals surface area contributed by atoms with E-state index in [0.29, 0.717) is 12.1 Å². The van der Waals surface area contributed by atoms with Crippen molar-refractivity contribution in [1.82, 2.24) is 4.98 Å². The first-order valence-corrected chi connectivity index (χ1v) is 5.18. The second-order valence-corrected chi connectivity index (χ2v) is 3.82. The maximum absolute atomic E-state index is 5.82. The summed E-state index contributed by atoms with van der Waals surface area (Å²) in [7, 11) is 0. The van der Waals surface area contributed by atoms with Crippen molar-refractivity contribution in [3.05, 3.63) is 24.4 Å². The van der Waals surface area contributed by atoms with Crippen LogP contribution in [0.2, 0.25) is 0 Å². The first-order chi connectivity index (χ1) is 6.84. The van der Waals surface area contributed by atoms with Gasteiger partial charge in [-0.15, -0.1) is 0 Å². The Hall–Kier alpha value is -1.09. The summed E-state index contributed by atoms with van der Waals surface area (Å²) in [5.74, 6) is 0.730. The summed E-state index contributed by atoms with van der Waals surface area (Å²) >= 11 is 0. The molecule has 0 spiro atoms. The second kappa shape index (κ2) is 4.42. The Labute approximate surface area is 84.3 Å². The van der Waals surface area contributed by atoms with Crippen LogP contribution in [-0.4, -0.2) is 17.1 Å². The van der Waals surface area contributed by atoms with Gasteiger partial charge in [0.25, 0.3) is 0 Å². The molecule has 2 rings (SSSR count). The Morgan fingerprint density at radius 1 is 1.21 bits per heavy atom. The highest BCUT2D eigenvalue weighted by molar-refractivity contribution is 5.09. The van der Waals surface area contributed by atoms with E-state index in [1.807, 2.05) is 18.2 Å². The van der Waals surface area contributed by atoms with Crippen molar-refractivity contribution in [2.75, 3.05) is 0 Å². The molecule has 1 aromatic rings. The van der Waals surface area contributed by atoms with Gasteiger partial charge >= 0.3 is 0 Å². The highest BCUT2D eigenvalue weighted by Gasteiger charge is 2.19. The molecule has 1 aliphatic carbocycles. The topological polar surface area (TPSA) is 48.1 Å². The molecule has 3 nitrogen and oxygen atoms in total. The average Bonchev–Trinajstić information content (AvgIpc) is 2.23. The third-order valence-electron chi connectivity index (χ3n) is 2.64. The molecule has 1 fully saturated rings. The molecule has 0 radical (unpaired) electrons. The zero-order chi connectivity index (χ0) is 9.80. The van der Waals surface area contributed by atoms with E-state index >= 15 is 0 Å². The van der Waals surface area contributed by atoms with Crippen molar-refractivity contribution >= 4 is 0 Å². The van der Waals surface area contributed by atoms with Crippen LogP contribution in [0.4, 0.5) is 0 Å². The highest BCUT2D eigenvalue weighted by Crippen LogP contribution is 2.21. The summed E-state index contributed by atoms with van der Waals surface area (Å²) in [6, 6.07) is 6.10. The molecule has 14 heavy (non-hydrogen) atoms. The molecule has 3 heteroatoms. The van der Waals surface area contributed by atoms with Gasteiger partial charge in [0.05, 0.1) is 0 Å². The van der Waals surface area contributed by atoms with Gasteiger partial charge in [-0.1, -0.05) is 6.07 Å². The van der Waals surface area contributed by atoms with Gasteiger partial charge in [0.2, 0.25) is 5.88 Å². The van der Waals surface area contributed by atoms with Crippen LogP contribution in [0.25, 0.3) is 0 Å². The summed E-state index contributed by atoms with van der Waals surface area (Å²) in [5.41, 5.74) is 5.82. The van der Waals surface area contributed by atoms with Gasteiger partial charge < -0.3 is 10.5 Å². The van der Waals surface area contributed by atoms with Crippen LogP contribution in [0.1, 0.15) is 25.7 Å². The molecule has 0 amide bonds. The number of ether oxygens (including phenoxy) is 1. The van der Waals surface area contributed by atoms with Crippen LogP contribution in [0.5, 0.6) is 5.88 Å². The fraction of sp³-hybridized carbons (Fsp3) is 0.545. The first-order valence-electron chi connectivity index (χ1n) is 5.18. The van der Waals surface area contributed by atoms with Crippen LogP contribution in [0, 0.1) is 0 Å². The predicted octanol–water partition coefficient (Wildman–Crippen LogP) is 1.73. The molecule has 1 heterocycles. The quantitative estimate of drug-likeness (QED) is 0.776. The van der Waals surface area contributed by atoms with E-state index in [-0.39, 0.29) is 0 Å². The lowest BCUT2D eigenvalue weighted by Gasteiger charge is -2.26. The minimum absolute atomic E-state index is 0.310. The SMILES string of the molecule is N[C@H]1CC[C@H](Oc2ccccn2)CC1. The Morgan fingerprint density at radius 3 is 2.64 bits per heavy atom. The highest BCUT2D eigenvalue weighted by atomic mass is 16.5. The van der Waals surface area contributed by atoms with Crippen LogP contribution in [-0.2, 0) is 0 Å². The molecular formula is C11H16N2O. The summed E-state index contributed by atoms with van der Waals surface area (Å²) in [6.45, 7) is 0. The van der Waals surface area contributed by atoms with Crippen molar-refractivity contribution in [1.29, 1.82) is 0 Å². The monoisotopic (exact) mass is 192 g/mol. The van der Waals surface area contributed by atoms with Crippen molar-refractivity contribution in [3.63, 3.8) is 0 Å². The smallest absolute Gasteiger partial charge is 0.213 e. The van der Waals surface area contributed by atoms with Crippen molar-refractivity contribution in [3.8, 4) is 5.88 Å². The molecule has 0 unspecified atom stereocenters. The standard InChI is InChI=1S/C11H16N2O/c12-9-4-6-10(7-5-9)14-11-3-1-2-8-13-11/h1-3,8-10H,4-7,12H2/t9-,10-. The Bertz CT molecular complexity index is 268. The van der Waals surface area contributed by atoms with Crippen molar-refractivity contribution in [2.45, 2.75) is 37.8 Å². The third kappa shape index (κ3) is 2.45. The fourth-order valence-electron chi connectivity index (χ4n) is 1.79. The molecule has 0 aliphatic heterocycles. The lowest BCUT2D eigenvalue weighted by atomic mass is 9.94. The number of rotatable bonds is 2. The van der Waals surface area contributed by atoms with E-state index < -0.39 is 0 Å².